The Morgan fingerprint density at radius 1 is 1.15 bits per heavy atom. The van der Waals surface area contributed by atoms with Crippen LogP contribution in [-0.4, -0.2) is 11.2 Å². The van der Waals surface area contributed by atoms with E-state index in [1.165, 1.54) is 18.2 Å². The minimum absolute atomic E-state index is 0.0742. The largest absolute Gasteiger partial charge is 0.454 e. The summed E-state index contributed by atoms with van der Waals surface area (Å²) in [5.41, 5.74) is 0.655. The molecule has 0 aromatic heterocycles. The molecule has 2 aromatic carbocycles. The standard InChI is InChI=1S/C16H14F2O2/c17-9-8-13(19)10-12-6-7-15(18)16(11-12)20-14-4-2-1-3-5-14/h1-9,11,13,19H,10H2. The van der Waals surface area contributed by atoms with Crippen LogP contribution in [0.25, 0.3) is 0 Å². The third-order valence-corrected chi connectivity index (χ3v) is 2.71. The van der Waals surface area contributed by atoms with Gasteiger partial charge in [0, 0.05) is 6.42 Å². The lowest BCUT2D eigenvalue weighted by Gasteiger charge is -2.10. The van der Waals surface area contributed by atoms with Gasteiger partial charge in [0.15, 0.2) is 11.6 Å². The van der Waals surface area contributed by atoms with Crippen LogP contribution in [0.2, 0.25) is 0 Å². The summed E-state index contributed by atoms with van der Waals surface area (Å²) in [6.45, 7) is 0. The number of halogens is 2. The third kappa shape index (κ3) is 3.90. The van der Waals surface area contributed by atoms with Crippen molar-refractivity contribution >= 4 is 0 Å². The number of rotatable bonds is 5. The van der Waals surface area contributed by atoms with E-state index in [9.17, 15) is 13.9 Å². The molecule has 0 spiro atoms. The first-order valence-corrected chi connectivity index (χ1v) is 6.15. The summed E-state index contributed by atoms with van der Waals surface area (Å²) < 4.78 is 31.1. The molecule has 0 heterocycles. The van der Waals surface area contributed by atoms with Crippen molar-refractivity contribution in [3.05, 3.63) is 72.3 Å². The highest BCUT2D eigenvalue weighted by molar-refractivity contribution is 5.35. The lowest BCUT2D eigenvalue weighted by molar-refractivity contribution is 0.222. The molecule has 0 aliphatic carbocycles. The normalized spacial score (nSPS) is 12.6. The molecule has 0 saturated carbocycles. The molecule has 1 atom stereocenters. The molecule has 2 rings (SSSR count). The maximum absolute atomic E-state index is 13.7. The number of para-hydroxylation sites is 1. The number of aliphatic hydroxyl groups excluding tert-OH is 1. The van der Waals surface area contributed by atoms with Crippen LogP contribution in [0.3, 0.4) is 0 Å². The van der Waals surface area contributed by atoms with Gasteiger partial charge < -0.3 is 9.84 Å². The van der Waals surface area contributed by atoms with Gasteiger partial charge in [0.1, 0.15) is 5.75 Å². The molecule has 2 aromatic rings. The Morgan fingerprint density at radius 3 is 2.60 bits per heavy atom. The Kier molecular flexibility index (Phi) is 4.85. The zero-order valence-corrected chi connectivity index (χ0v) is 10.7. The van der Waals surface area contributed by atoms with Crippen LogP contribution in [0.1, 0.15) is 5.56 Å². The fourth-order valence-corrected chi connectivity index (χ4v) is 1.76. The second-order valence-electron chi connectivity index (χ2n) is 4.27. The molecule has 1 unspecified atom stereocenters. The lowest BCUT2D eigenvalue weighted by Crippen LogP contribution is -2.06. The van der Waals surface area contributed by atoms with Crippen molar-refractivity contribution in [2.45, 2.75) is 12.5 Å². The Hall–Kier alpha value is -2.20. The smallest absolute Gasteiger partial charge is 0.165 e. The van der Waals surface area contributed by atoms with E-state index in [1.807, 2.05) is 6.07 Å². The van der Waals surface area contributed by atoms with Gasteiger partial charge in [-0.25, -0.2) is 8.78 Å². The molecular formula is C16H14F2O2. The first kappa shape index (κ1) is 14.2. The van der Waals surface area contributed by atoms with Crippen molar-refractivity contribution in [3.8, 4) is 11.5 Å². The van der Waals surface area contributed by atoms with Crippen LogP contribution in [-0.2, 0) is 6.42 Å². The van der Waals surface area contributed by atoms with Crippen molar-refractivity contribution in [1.82, 2.24) is 0 Å². The fraction of sp³-hybridized carbons (Fsp3) is 0.125. The van der Waals surface area contributed by atoms with Crippen LogP contribution in [0.5, 0.6) is 11.5 Å². The molecule has 104 valence electrons. The van der Waals surface area contributed by atoms with Gasteiger partial charge >= 0.3 is 0 Å². The van der Waals surface area contributed by atoms with E-state index in [-0.39, 0.29) is 18.5 Å². The molecular weight excluding hydrogens is 262 g/mol. The number of hydrogen-bond donors (Lipinski definition) is 1. The zero-order valence-electron chi connectivity index (χ0n) is 10.7. The molecule has 0 radical (unpaired) electrons. The monoisotopic (exact) mass is 276 g/mol. The summed E-state index contributed by atoms with van der Waals surface area (Å²) in [5, 5.41) is 9.49. The molecule has 2 nitrogen and oxygen atoms in total. The van der Waals surface area contributed by atoms with Crippen LogP contribution in [0, 0.1) is 5.82 Å². The maximum Gasteiger partial charge on any atom is 0.165 e. The van der Waals surface area contributed by atoms with E-state index < -0.39 is 11.9 Å². The second kappa shape index (κ2) is 6.82. The number of benzene rings is 2. The SMILES string of the molecule is OC(C=CF)Cc1ccc(F)c(Oc2ccccc2)c1. The van der Waals surface area contributed by atoms with E-state index in [1.54, 1.807) is 24.3 Å². The van der Waals surface area contributed by atoms with Gasteiger partial charge in [-0.15, -0.1) is 0 Å². The van der Waals surface area contributed by atoms with E-state index in [0.29, 0.717) is 11.3 Å². The van der Waals surface area contributed by atoms with Crippen LogP contribution in [0.4, 0.5) is 8.78 Å². The van der Waals surface area contributed by atoms with E-state index in [4.69, 9.17) is 4.74 Å². The minimum Gasteiger partial charge on any atom is -0.454 e. The Morgan fingerprint density at radius 2 is 1.90 bits per heavy atom. The summed E-state index contributed by atoms with van der Waals surface area (Å²) >= 11 is 0. The molecule has 0 amide bonds. The van der Waals surface area contributed by atoms with Crippen molar-refractivity contribution in [1.29, 1.82) is 0 Å². The van der Waals surface area contributed by atoms with Crippen molar-refractivity contribution in [2.24, 2.45) is 0 Å². The number of ether oxygens (including phenoxy) is 1. The average Bonchev–Trinajstić information content (AvgIpc) is 2.44. The first-order valence-electron chi connectivity index (χ1n) is 6.15. The summed E-state index contributed by atoms with van der Waals surface area (Å²) in [4.78, 5) is 0. The van der Waals surface area contributed by atoms with Crippen molar-refractivity contribution < 1.29 is 18.6 Å². The summed E-state index contributed by atoms with van der Waals surface area (Å²) in [5.74, 6) is 0.103. The van der Waals surface area contributed by atoms with Crippen LogP contribution < -0.4 is 4.74 Å². The summed E-state index contributed by atoms with van der Waals surface area (Å²) in [6, 6.07) is 13.1. The Labute approximate surface area is 115 Å². The van der Waals surface area contributed by atoms with E-state index >= 15 is 0 Å². The highest BCUT2D eigenvalue weighted by atomic mass is 19.1. The molecule has 20 heavy (non-hydrogen) atoms. The van der Waals surface area contributed by atoms with Gasteiger partial charge in [-0.3, -0.25) is 0 Å². The van der Waals surface area contributed by atoms with Crippen LogP contribution in [0.15, 0.2) is 60.9 Å². The molecule has 0 bridgehead atoms. The predicted octanol–water partition coefficient (Wildman–Crippen LogP) is 4.00. The van der Waals surface area contributed by atoms with Gasteiger partial charge in [0.25, 0.3) is 0 Å². The molecule has 1 N–H and O–H groups in total. The van der Waals surface area contributed by atoms with Crippen LogP contribution >= 0.6 is 0 Å². The lowest BCUT2D eigenvalue weighted by atomic mass is 10.1. The molecule has 4 heteroatoms. The van der Waals surface area contributed by atoms with Gasteiger partial charge in [0.05, 0.1) is 12.4 Å². The van der Waals surface area contributed by atoms with Gasteiger partial charge in [-0.2, -0.15) is 0 Å². The molecule has 0 aliphatic rings. The highest BCUT2D eigenvalue weighted by Gasteiger charge is 2.08. The van der Waals surface area contributed by atoms with E-state index in [2.05, 4.69) is 0 Å². The van der Waals surface area contributed by atoms with Gasteiger partial charge in [-0.1, -0.05) is 24.3 Å². The third-order valence-electron chi connectivity index (χ3n) is 2.71. The fourth-order valence-electron chi connectivity index (χ4n) is 1.76. The quantitative estimate of drug-likeness (QED) is 0.894. The average molecular weight is 276 g/mol. The minimum atomic E-state index is -0.949. The Balaban J connectivity index is 2.16. The maximum atomic E-state index is 13.7. The summed E-state index contributed by atoms with van der Waals surface area (Å²) in [7, 11) is 0. The van der Waals surface area contributed by atoms with Crippen molar-refractivity contribution in [2.75, 3.05) is 0 Å². The Bertz CT molecular complexity index is 582. The zero-order chi connectivity index (χ0) is 14.4. The summed E-state index contributed by atoms with van der Waals surface area (Å²) in [6.07, 6.45) is 0.553. The predicted molar refractivity (Wildman–Crippen MR) is 72.9 cm³/mol. The number of aliphatic hydroxyl groups is 1. The second-order valence-corrected chi connectivity index (χ2v) is 4.27. The van der Waals surface area contributed by atoms with Crippen molar-refractivity contribution in [3.63, 3.8) is 0 Å². The highest BCUT2D eigenvalue weighted by Crippen LogP contribution is 2.25. The number of hydrogen-bond acceptors (Lipinski definition) is 2. The van der Waals surface area contributed by atoms with Gasteiger partial charge in [-0.05, 0) is 35.9 Å². The first-order chi connectivity index (χ1) is 9.69. The molecule has 0 aliphatic heterocycles. The topological polar surface area (TPSA) is 29.5 Å². The van der Waals surface area contributed by atoms with E-state index in [0.717, 1.165) is 6.08 Å². The molecule has 0 fully saturated rings. The van der Waals surface area contributed by atoms with Gasteiger partial charge in [0.2, 0.25) is 0 Å². The molecule has 0 saturated heterocycles.